The first-order chi connectivity index (χ1) is 8.22. The molecule has 4 heteroatoms. The van der Waals surface area contributed by atoms with Crippen LogP contribution in [0, 0.1) is 0 Å². The molecule has 0 aliphatic carbocycles. The Kier molecular flexibility index (Phi) is 3.71. The van der Waals surface area contributed by atoms with Crippen LogP contribution in [0.15, 0.2) is 12.3 Å². The molecule has 2 rings (SSSR count). The van der Waals surface area contributed by atoms with Crippen molar-refractivity contribution >= 4 is 11.6 Å². The van der Waals surface area contributed by atoms with Crippen LogP contribution in [0.1, 0.15) is 49.5 Å². The fraction of sp³-hybridized carbons (Fsp3) is 0.615. The molecule has 1 aromatic rings. The van der Waals surface area contributed by atoms with Gasteiger partial charge in [0.2, 0.25) is 0 Å². The molecule has 2 heterocycles. The molecule has 1 unspecified atom stereocenters. The largest absolute Gasteiger partial charge is 0.397 e. The summed E-state index contributed by atoms with van der Waals surface area (Å²) in [6, 6.07) is 2.11. The van der Waals surface area contributed by atoms with E-state index in [1.165, 1.54) is 12.8 Å². The van der Waals surface area contributed by atoms with Crippen LogP contribution >= 0.6 is 0 Å². The van der Waals surface area contributed by atoms with E-state index >= 15 is 0 Å². The zero-order valence-electron chi connectivity index (χ0n) is 10.4. The van der Waals surface area contributed by atoms with Crippen LogP contribution in [0.2, 0.25) is 0 Å². The number of nitrogens with zero attached hydrogens (tertiary/aromatic N) is 1. The molecule has 17 heavy (non-hydrogen) atoms. The van der Waals surface area contributed by atoms with E-state index in [4.69, 9.17) is 5.73 Å². The molecule has 1 atom stereocenters. The molecular weight excluding hydrogens is 214 g/mol. The SMILES string of the molecule is CCC1CCCCCN1C(=O)c1cc(N)c[nH]1. The molecule has 0 saturated carbocycles. The average molecular weight is 235 g/mol. The Balaban J connectivity index is 2.15. The van der Waals surface area contributed by atoms with Gasteiger partial charge >= 0.3 is 0 Å². The lowest BCUT2D eigenvalue weighted by molar-refractivity contribution is 0.0673. The number of carbonyl (C=O) groups is 1. The van der Waals surface area contributed by atoms with Gasteiger partial charge in [-0.1, -0.05) is 19.8 Å². The van der Waals surface area contributed by atoms with Crippen molar-refractivity contribution in [2.45, 2.75) is 45.1 Å². The normalized spacial score (nSPS) is 21.2. The van der Waals surface area contributed by atoms with Gasteiger partial charge in [-0.3, -0.25) is 4.79 Å². The number of amides is 1. The van der Waals surface area contributed by atoms with Gasteiger partial charge in [-0.15, -0.1) is 0 Å². The molecule has 1 amide bonds. The third kappa shape index (κ3) is 2.62. The van der Waals surface area contributed by atoms with Crippen molar-refractivity contribution in [2.75, 3.05) is 12.3 Å². The van der Waals surface area contributed by atoms with Gasteiger partial charge in [0.25, 0.3) is 5.91 Å². The molecule has 94 valence electrons. The molecule has 0 spiro atoms. The van der Waals surface area contributed by atoms with Gasteiger partial charge in [-0.25, -0.2) is 0 Å². The van der Waals surface area contributed by atoms with Crippen molar-refractivity contribution in [1.29, 1.82) is 0 Å². The van der Waals surface area contributed by atoms with Crippen LogP contribution in [0.3, 0.4) is 0 Å². The minimum atomic E-state index is 0.0930. The number of nitrogens with one attached hydrogen (secondary N) is 1. The lowest BCUT2D eigenvalue weighted by Crippen LogP contribution is -2.39. The second kappa shape index (κ2) is 5.25. The number of likely N-dealkylation sites (tertiary alicyclic amines) is 1. The number of nitrogens with two attached hydrogens (primary N) is 1. The van der Waals surface area contributed by atoms with Crippen LogP contribution in [-0.4, -0.2) is 28.4 Å². The van der Waals surface area contributed by atoms with Crippen molar-refractivity contribution in [3.63, 3.8) is 0 Å². The monoisotopic (exact) mass is 235 g/mol. The van der Waals surface area contributed by atoms with Crippen LogP contribution in [0.5, 0.6) is 0 Å². The molecule has 1 fully saturated rings. The van der Waals surface area contributed by atoms with E-state index in [1.54, 1.807) is 12.3 Å². The summed E-state index contributed by atoms with van der Waals surface area (Å²) in [5.41, 5.74) is 6.88. The van der Waals surface area contributed by atoms with Crippen molar-refractivity contribution in [1.82, 2.24) is 9.88 Å². The molecule has 1 aliphatic rings. The Morgan fingerprint density at radius 1 is 1.53 bits per heavy atom. The Labute approximate surface area is 102 Å². The second-order valence-corrected chi connectivity index (χ2v) is 4.76. The smallest absolute Gasteiger partial charge is 0.270 e. The zero-order valence-corrected chi connectivity index (χ0v) is 10.4. The highest BCUT2D eigenvalue weighted by Crippen LogP contribution is 2.21. The maximum Gasteiger partial charge on any atom is 0.270 e. The maximum absolute atomic E-state index is 12.4. The van der Waals surface area contributed by atoms with Crippen molar-refractivity contribution in [3.05, 3.63) is 18.0 Å². The van der Waals surface area contributed by atoms with Gasteiger partial charge in [-0.05, 0) is 25.3 Å². The van der Waals surface area contributed by atoms with Crippen LogP contribution in [0.25, 0.3) is 0 Å². The molecule has 0 aromatic carbocycles. The number of carbonyl (C=O) groups excluding carboxylic acids is 1. The first kappa shape index (κ1) is 12.0. The highest BCUT2D eigenvalue weighted by molar-refractivity contribution is 5.93. The van der Waals surface area contributed by atoms with E-state index < -0.39 is 0 Å². The Morgan fingerprint density at radius 3 is 3.00 bits per heavy atom. The highest BCUT2D eigenvalue weighted by Gasteiger charge is 2.25. The van der Waals surface area contributed by atoms with Gasteiger partial charge in [0, 0.05) is 24.5 Å². The van der Waals surface area contributed by atoms with Crippen molar-refractivity contribution in [2.24, 2.45) is 0 Å². The van der Waals surface area contributed by atoms with E-state index in [0.29, 0.717) is 17.4 Å². The summed E-state index contributed by atoms with van der Waals surface area (Å²) in [6.07, 6.45) is 7.40. The van der Waals surface area contributed by atoms with Gasteiger partial charge in [0.15, 0.2) is 0 Å². The van der Waals surface area contributed by atoms with Crippen LogP contribution in [-0.2, 0) is 0 Å². The quantitative estimate of drug-likeness (QED) is 0.826. The molecule has 1 aliphatic heterocycles. The number of anilines is 1. The number of nitrogen functional groups attached to an aromatic ring is 1. The molecule has 0 bridgehead atoms. The number of aromatic amines is 1. The van der Waals surface area contributed by atoms with Crippen LogP contribution < -0.4 is 5.73 Å². The Hall–Kier alpha value is -1.45. The van der Waals surface area contributed by atoms with E-state index in [9.17, 15) is 4.79 Å². The summed E-state index contributed by atoms with van der Waals surface area (Å²) in [7, 11) is 0. The average Bonchev–Trinajstić information content (AvgIpc) is 2.64. The molecule has 1 aromatic heterocycles. The topological polar surface area (TPSA) is 62.1 Å². The predicted octanol–water partition coefficient (Wildman–Crippen LogP) is 2.39. The van der Waals surface area contributed by atoms with Crippen LogP contribution in [0.4, 0.5) is 5.69 Å². The summed E-state index contributed by atoms with van der Waals surface area (Å²) < 4.78 is 0. The summed E-state index contributed by atoms with van der Waals surface area (Å²) in [5, 5.41) is 0. The third-order valence-electron chi connectivity index (χ3n) is 3.54. The second-order valence-electron chi connectivity index (χ2n) is 4.76. The number of H-pyrrole nitrogens is 1. The van der Waals surface area contributed by atoms with E-state index in [0.717, 1.165) is 25.8 Å². The standard InChI is InChI=1S/C13H21N3O/c1-2-11-6-4-3-5-7-16(11)13(17)12-8-10(14)9-15-12/h8-9,11,15H,2-7,14H2,1H3. The maximum atomic E-state index is 12.4. The Bertz CT molecular complexity index is 386. The molecule has 4 nitrogen and oxygen atoms in total. The fourth-order valence-corrected chi connectivity index (χ4v) is 2.56. The molecule has 0 radical (unpaired) electrons. The summed E-state index contributed by atoms with van der Waals surface area (Å²) in [5.74, 6) is 0.0930. The van der Waals surface area contributed by atoms with E-state index in [2.05, 4.69) is 11.9 Å². The number of hydrogen-bond donors (Lipinski definition) is 2. The van der Waals surface area contributed by atoms with Crippen molar-refractivity contribution in [3.8, 4) is 0 Å². The number of aromatic nitrogens is 1. The van der Waals surface area contributed by atoms with Gasteiger partial charge in [0.1, 0.15) is 5.69 Å². The van der Waals surface area contributed by atoms with Gasteiger partial charge in [0.05, 0.1) is 0 Å². The van der Waals surface area contributed by atoms with Crippen molar-refractivity contribution < 1.29 is 4.79 Å². The van der Waals surface area contributed by atoms with E-state index in [1.807, 2.05) is 4.90 Å². The first-order valence-electron chi connectivity index (χ1n) is 6.47. The third-order valence-corrected chi connectivity index (χ3v) is 3.54. The number of hydrogen-bond acceptors (Lipinski definition) is 2. The number of rotatable bonds is 2. The minimum absolute atomic E-state index is 0.0930. The van der Waals surface area contributed by atoms with Gasteiger partial charge < -0.3 is 15.6 Å². The molecule has 1 saturated heterocycles. The lowest BCUT2D eigenvalue weighted by Gasteiger charge is -2.28. The fourth-order valence-electron chi connectivity index (χ4n) is 2.56. The molecule has 3 N–H and O–H groups in total. The zero-order chi connectivity index (χ0) is 12.3. The summed E-state index contributed by atoms with van der Waals surface area (Å²) in [4.78, 5) is 17.3. The summed E-state index contributed by atoms with van der Waals surface area (Å²) in [6.45, 7) is 3.02. The predicted molar refractivity (Wildman–Crippen MR) is 68.8 cm³/mol. The van der Waals surface area contributed by atoms with E-state index in [-0.39, 0.29) is 5.91 Å². The first-order valence-corrected chi connectivity index (χ1v) is 6.47. The minimum Gasteiger partial charge on any atom is -0.397 e. The summed E-state index contributed by atoms with van der Waals surface area (Å²) >= 11 is 0. The molecular formula is C13H21N3O. The lowest BCUT2D eigenvalue weighted by atomic mass is 10.1. The Morgan fingerprint density at radius 2 is 2.35 bits per heavy atom. The highest BCUT2D eigenvalue weighted by atomic mass is 16.2. The van der Waals surface area contributed by atoms with Gasteiger partial charge in [-0.2, -0.15) is 0 Å².